The summed E-state index contributed by atoms with van der Waals surface area (Å²) in [6.07, 6.45) is 0. The SMILES string of the molecule is Cc1ccc(C(=O)O)cc1OCc1c(C)cccc1C. The van der Waals surface area contributed by atoms with Crippen molar-refractivity contribution in [1.29, 1.82) is 0 Å². The number of hydrogen-bond acceptors (Lipinski definition) is 2. The van der Waals surface area contributed by atoms with Crippen molar-refractivity contribution in [2.75, 3.05) is 0 Å². The number of benzene rings is 2. The van der Waals surface area contributed by atoms with Gasteiger partial charge >= 0.3 is 5.97 Å². The average Bonchev–Trinajstić information content (AvgIpc) is 2.39. The van der Waals surface area contributed by atoms with E-state index in [-0.39, 0.29) is 5.56 Å². The summed E-state index contributed by atoms with van der Waals surface area (Å²) >= 11 is 0. The van der Waals surface area contributed by atoms with Crippen LogP contribution in [0.5, 0.6) is 5.75 Å². The van der Waals surface area contributed by atoms with E-state index in [9.17, 15) is 4.79 Å². The minimum atomic E-state index is -0.943. The first-order chi connectivity index (χ1) is 9.49. The summed E-state index contributed by atoms with van der Waals surface area (Å²) in [5.41, 5.74) is 4.68. The second-order valence-corrected chi connectivity index (χ2v) is 4.94. The molecule has 0 amide bonds. The summed E-state index contributed by atoms with van der Waals surface area (Å²) in [5.74, 6) is -0.325. The summed E-state index contributed by atoms with van der Waals surface area (Å²) < 4.78 is 5.81. The van der Waals surface area contributed by atoms with Gasteiger partial charge in [-0.1, -0.05) is 24.3 Å². The van der Waals surface area contributed by atoms with Gasteiger partial charge in [0, 0.05) is 0 Å². The molecule has 2 aromatic carbocycles. The van der Waals surface area contributed by atoms with Crippen molar-refractivity contribution in [3.63, 3.8) is 0 Å². The number of aromatic carboxylic acids is 1. The van der Waals surface area contributed by atoms with Crippen molar-refractivity contribution >= 4 is 5.97 Å². The lowest BCUT2D eigenvalue weighted by molar-refractivity contribution is 0.0696. The van der Waals surface area contributed by atoms with Gasteiger partial charge < -0.3 is 9.84 Å². The van der Waals surface area contributed by atoms with Gasteiger partial charge in [-0.3, -0.25) is 0 Å². The van der Waals surface area contributed by atoms with Gasteiger partial charge in [-0.25, -0.2) is 4.79 Å². The van der Waals surface area contributed by atoms with Gasteiger partial charge in [0.15, 0.2) is 0 Å². The third kappa shape index (κ3) is 2.99. The van der Waals surface area contributed by atoms with Crippen molar-refractivity contribution in [2.24, 2.45) is 0 Å². The fraction of sp³-hybridized carbons (Fsp3) is 0.235. The molecule has 0 heterocycles. The van der Waals surface area contributed by atoms with Crippen molar-refractivity contribution in [3.05, 3.63) is 64.2 Å². The van der Waals surface area contributed by atoms with Crippen LogP contribution >= 0.6 is 0 Å². The van der Waals surface area contributed by atoms with Crippen LogP contribution in [0, 0.1) is 20.8 Å². The Kier molecular flexibility index (Phi) is 4.08. The Hall–Kier alpha value is -2.29. The van der Waals surface area contributed by atoms with Crippen LogP contribution in [0.3, 0.4) is 0 Å². The lowest BCUT2D eigenvalue weighted by Gasteiger charge is -2.13. The van der Waals surface area contributed by atoms with Crippen molar-refractivity contribution in [2.45, 2.75) is 27.4 Å². The van der Waals surface area contributed by atoms with Crippen LogP contribution in [0.25, 0.3) is 0 Å². The minimum Gasteiger partial charge on any atom is -0.489 e. The molecule has 0 radical (unpaired) electrons. The maximum absolute atomic E-state index is 11.0. The van der Waals surface area contributed by atoms with Gasteiger partial charge in [-0.05, 0) is 55.2 Å². The highest BCUT2D eigenvalue weighted by atomic mass is 16.5. The van der Waals surface area contributed by atoms with Crippen LogP contribution in [0.2, 0.25) is 0 Å². The molecule has 0 atom stereocenters. The third-order valence-electron chi connectivity index (χ3n) is 3.45. The Morgan fingerprint density at radius 2 is 1.70 bits per heavy atom. The first-order valence-electron chi connectivity index (χ1n) is 6.51. The van der Waals surface area contributed by atoms with E-state index in [0.717, 1.165) is 11.1 Å². The zero-order chi connectivity index (χ0) is 14.7. The second kappa shape index (κ2) is 5.78. The summed E-state index contributed by atoms with van der Waals surface area (Å²) in [7, 11) is 0. The van der Waals surface area contributed by atoms with Crippen LogP contribution < -0.4 is 4.74 Å². The molecule has 0 aliphatic rings. The lowest BCUT2D eigenvalue weighted by atomic mass is 10.0. The number of carboxylic acid groups (broad SMARTS) is 1. The van der Waals surface area contributed by atoms with Gasteiger partial charge in [-0.15, -0.1) is 0 Å². The molecular formula is C17H18O3. The number of hydrogen-bond donors (Lipinski definition) is 1. The van der Waals surface area contributed by atoms with Crippen LogP contribution in [0.1, 0.15) is 32.6 Å². The van der Waals surface area contributed by atoms with Gasteiger partial charge in [0.2, 0.25) is 0 Å². The first-order valence-corrected chi connectivity index (χ1v) is 6.51. The van der Waals surface area contributed by atoms with E-state index >= 15 is 0 Å². The summed E-state index contributed by atoms with van der Waals surface area (Å²) in [5, 5.41) is 9.02. The van der Waals surface area contributed by atoms with Crippen molar-refractivity contribution < 1.29 is 14.6 Å². The predicted octanol–water partition coefficient (Wildman–Crippen LogP) is 3.89. The fourth-order valence-electron chi connectivity index (χ4n) is 2.12. The maximum Gasteiger partial charge on any atom is 0.335 e. The maximum atomic E-state index is 11.0. The molecule has 0 bridgehead atoms. The highest BCUT2D eigenvalue weighted by Gasteiger charge is 2.09. The topological polar surface area (TPSA) is 46.5 Å². The van der Waals surface area contributed by atoms with E-state index in [1.807, 2.05) is 39.0 Å². The molecule has 3 heteroatoms. The molecule has 104 valence electrons. The lowest BCUT2D eigenvalue weighted by Crippen LogP contribution is -2.03. The van der Waals surface area contributed by atoms with E-state index in [0.29, 0.717) is 12.4 Å². The van der Waals surface area contributed by atoms with Gasteiger partial charge in [-0.2, -0.15) is 0 Å². The van der Waals surface area contributed by atoms with E-state index in [1.54, 1.807) is 18.2 Å². The Bertz CT molecular complexity index is 624. The second-order valence-electron chi connectivity index (χ2n) is 4.94. The van der Waals surface area contributed by atoms with Gasteiger partial charge in [0.25, 0.3) is 0 Å². The van der Waals surface area contributed by atoms with Gasteiger partial charge in [0.1, 0.15) is 12.4 Å². The Balaban J connectivity index is 2.23. The van der Waals surface area contributed by atoms with Crippen LogP contribution in [0.15, 0.2) is 36.4 Å². The quantitative estimate of drug-likeness (QED) is 0.916. The van der Waals surface area contributed by atoms with E-state index in [1.165, 1.54) is 11.1 Å². The largest absolute Gasteiger partial charge is 0.489 e. The molecule has 1 N–H and O–H groups in total. The average molecular weight is 270 g/mol. The minimum absolute atomic E-state index is 0.243. The molecule has 0 spiro atoms. The van der Waals surface area contributed by atoms with E-state index < -0.39 is 5.97 Å². The van der Waals surface area contributed by atoms with E-state index in [2.05, 4.69) is 0 Å². The number of carboxylic acids is 1. The number of carbonyl (C=O) groups is 1. The molecule has 0 aliphatic heterocycles. The summed E-state index contributed by atoms with van der Waals surface area (Å²) in [4.78, 5) is 11.0. The number of rotatable bonds is 4. The third-order valence-corrected chi connectivity index (χ3v) is 3.45. The molecular weight excluding hydrogens is 252 g/mol. The van der Waals surface area contributed by atoms with E-state index in [4.69, 9.17) is 9.84 Å². The zero-order valence-electron chi connectivity index (χ0n) is 11.9. The molecule has 0 aromatic heterocycles. The van der Waals surface area contributed by atoms with Gasteiger partial charge in [0.05, 0.1) is 5.56 Å². The first kappa shape index (κ1) is 14.1. The fourth-order valence-corrected chi connectivity index (χ4v) is 2.12. The molecule has 0 saturated heterocycles. The highest BCUT2D eigenvalue weighted by Crippen LogP contribution is 2.22. The molecule has 0 fully saturated rings. The molecule has 3 nitrogen and oxygen atoms in total. The Labute approximate surface area is 118 Å². The molecule has 20 heavy (non-hydrogen) atoms. The normalized spacial score (nSPS) is 10.3. The smallest absolute Gasteiger partial charge is 0.335 e. The summed E-state index contributed by atoms with van der Waals surface area (Å²) in [6.45, 7) is 6.45. The summed E-state index contributed by atoms with van der Waals surface area (Å²) in [6, 6.07) is 11.0. The number of ether oxygens (including phenoxy) is 1. The molecule has 0 unspecified atom stereocenters. The zero-order valence-corrected chi connectivity index (χ0v) is 11.9. The molecule has 2 rings (SSSR count). The van der Waals surface area contributed by atoms with Crippen LogP contribution in [-0.4, -0.2) is 11.1 Å². The van der Waals surface area contributed by atoms with Crippen molar-refractivity contribution in [3.8, 4) is 5.75 Å². The Morgan fingerprint density at radius 1 is 1.05 bits per heavy atom. The molecule has 0 saturated carbocycles. The standard InChI is InChI=1S/C17H18O3/c1-11-5-4-6-12(2)15(11)10-20-16-9-14(17(18)19)8-7-13(16)3/h4-9H,10H2,1-3H3,(H,18,19). The van der Waals surface area contributed by atoms with Crippen LogP contribution in [-0.2, 0) is 6.61 Å². The molecule has 0 aliphatic carbocycles. The highest BCUT2D eigenvalue weighted by molar-refractivity contribution is 5.88. The molecule has 2 aromatic rings. The van der Waals surface area contributed by atoms with Crippen molar-refractivity contribution in [1.82, 2.24) is 0 Å². The predicted molar refractivity (Wildman–Crippen MR) is 78.4 cm³/mol. The monoisotopic (exact) mass is 270 g/mol. The Morgan fingerprint density at radius 3 is 2.30 bits per heavy atom. The number of aryl methyl sites for hydroxylation is 3. The van der Waals surface area contributed by atoms with Crippen LogP contribution in [0.4, 0.5) is 0 Å².